The zero-order valence-corrected chi connectivity index (χ0v) is 14.2. The predicted octanol–water partition coefficient (Wildman–Crippen LogP) is 3.07. The molecule has 2 rings (SSSR count). The molecule has 1 aliphatic rings. The fourth-order valence-corrected chi connectivity index (χ4v) is 2.73. The highest BCUT2D eigenvalue weighted by molar-refractivity contribution is 5.85. The summed E-state index contributed by atoms with van der Waals surface area (Å²) in [6.07, 6.45) is 2.78. The van der Waals surface area contributed by atoms with Crippen molar-refractivity contribution in [3.8, 4) is 5.75 Å². The smallest absolute Gasteiger partial charge is 0.220 e. The second kappa shape index (κ2) is 9.70. The Balaban J connectivity index is 0.00000242. The van der Waals surface area contributed by atoms with Crippen LogP contribution in [-0.2, 0) is 4.79 Å². The standard InChI is InChI=1S/C17H26N2O2.ClH/c1-3-21-16-6-4-5-15(11-16)13(2)19-17(20)8-7-14-9-10-18-12-14;/h4-6,11,13-14,18H,3,7-10,12H2,1-2H3,(H,19,20);1H. The molecular weight excluding hydrogens is 300 g/mol. The Morgan fingerprint density at radius 1 is 1.50 bits per heavy atom. The van der Waals surface area contributed by atoms with Gasteiger partial charge in [0.1, 0.15) is 5.75 Å². The molecule has 0 radical (unpaired) electrons. The van der Waals surface area contributed by atoms with E-state index in [1.54, 1.807) is 0 Å². The molecule has 1 aromatic rings. The molecule has 1 fully saturated rings. The van der Waals surface area contributed by atoms with E-state index in [0.717, 1.165) is 30.8 Å². The van der Waals surface area contributed by atoms with Gasteiger partial charge in [-0.1, -0.05) is 12.1 Å². The van der Waals surface area contributed by atoms with Crippen LogP contribution in [0.15, 0.2) is 24.3 Å². The summed E-state index contributed by atoms with van der Waals surface area (Å²) in [5, 5.41) is 6.41. The lowest BCUT2D eigenvalue weighted by Crippen LogP contribution is -2.27. The molecule has 124 valence electrons. The van der Waals surface area contributed by atoms with Crippen LogP contribution in [0, 0.1) is 5.92 Å². The number of halogens is 1. The summed E-state index contributed by atoms with van der Waals surface area (Å²) in [7, 11) is 0. The van der Waals surface area contributed by atoms with Crippen molar-refractivity contribution in [3.63, 3.8) is 0 Å². The maximum absolute atomic E-state index is 12.0. The van der Waals surface area contributed by atoms with Crippen molar-refractivity contribution in [2.45, 2.75) is 39.2 Å². The Morgan fingerprint density at radius 3 is 3.00 bits per heavy atom. The van der Waals surface area contributed by atoms with Crippen molar-refractivity contribution in [2.24, 2.45) is 5.92 Å². The average molecular weight is 327 g/mol. The maximum atomic E-state index is 12.0. The van der Waals surface area contributed by atoms with Gasteiger partial charge in [-0.25, -0.2) is 0 Å². The molecule has 5 heteroatoms. The third-order valence-electron chi connectivity index (χ3n) is 3.99. The first-order valence-corrected chi connectivity index (χ1v) is 7.92. The minimum Gasteiger partial charge on any atom is -0.494 e. The minimum absolute atomic E-state index is 0. The molecule has 1 heterocycles. The normalized spacial score (nSPS) is 18.4. The van der Waals surface area contributed by atoms with Crippen LogP contribution in [0.4, 0.5) is 0 Å². The van der Waals surface area contributed by atoms with E-state index in [0.29, 0.717) is 18.9 Å². The number of hydrogen-bond donors (Lipinski definition) is 2. The number of carbonyl (C=O) groups is 1. The molecule has 0 aliphatic carbocycles. The molecule has 0 bridgehead atoms. The van der Waals surface area contributed by atoms with Crippen molar-refractivity contribution in [2.75, 3.05) is 19.7 Å². The number of rotatable bonds is 7. The molecule has 2 unspecified atom stereocenters. The minimum atomic E-state index is 0. The molecule has 22 heavy (non-hydrogen) atoms. The van der Waals surface area contributed by atoms with E-state index in [1.807, 2.05) is 38.1 Å². The molecule has 1 aliphatic heterocycles. The van der Waals surface area contributed by atoms with E-state index in [4.69, 9.17) is 4.74 Å². The van der Waals surface area contributed by atoms with E-state index in [-0.39, 0.29) is 24.4 Å². The van der Waals surface area contributed by atoms with Crippen LogP contribution in [0.1, 0.15) is 44.7 Å². The van der Waals surface area contributed by atoms with E-state index < -0.39 is 0 Å². The summed E-state index contributed by atoms with van der Waals surface area (Å²) >= 11 is 0. The van der Waals surface area contributed by atoms with Gasteiger partial charge >= 0.3 is 0 Å². The van der Waals surface area contributed by atoms with Crippen LogP contribution in [0.5, 0.6) is 5.75 Å². The fraction of sp³-hybridized carbons (Fsp3) is 0.588. The predicted molar refractivity (Wildman–Crippen MR) is 91.6 cm³/mol. The number of carbonyl (C=O) groups excluding carboxylic acids is 1. The summed E-state index contributed by atoms with van der Waals surface area (Å²) in [5.41, 5.74) is 1.08. The molecule has 0 aromatic heterocycles. The molecule has 2 atom stereocenters. The topological polar surface area (TPSA) is 50.4 Å². The van der Waals surface area contributed by atoms with Crippen molar-refractivity contribution >= 4 is 18.3 Å². The van der Waals surface area contributed by atoms with Crippen LogP contribution in [0.25, 0.3) is 0 Å². The van der Waals surface area contributed by atoms with Gasteiger partial charge in [-0.05, 0) is 63.4 Å². The molecule has 1 saturated heterocycles. The monoisotopic (exact) mass is 326 g/mol. The summed E-state index contributed by atoms with van der Waals surface area (Å²) in [6.45, 7) is 6.78. The van der Waals surface area contributed by atoms with Crippen molar-refractivity contribution in [1.82, 2.24) is 10.6 Å². The van der Waals surface area contributed by atoms with Crippen LogP contribution in [0.2, 0.25) is 0 Å². The highest BCUT2D eigenvalue weighted by atomic mass is 35.5. The van der Waals surface area contributed by atoms with E-state index >= 15 is 0 Å². The van der Waals surface area contributed by atoms with Gasteiger partial charge in [-0.3, -0.25) is 4.79 Å². The average Bonchev–Trinajstić information content (AvgIpc) is 2.99. The highest BCUT2D eigenvalue weighted by Crippen LogP contribution is 2.20. The van der Waals surface area contributed by atoms with Crippen LogP contribution in [0.3, 0.4) is 0 Å². The van der Waals surface area contributed by atoms with Gasteiger partial charge in [0.25, 0.3) is 0 Å². The fourth-order valence-electron chi connectivity index (χ4n) is 2.73. The Kier molecular flexibility index (Phi) is 8.28. The first-order chi connectivity index (χ1) is 10.2. The van der Waals surface area contributed by atoms with Crippen molar-refractivity contribution in [3.05, 3.63) is 29.8 Å². The lowest BCUT2D eigenvalue weighted by Gasteiger charge is -2.16. The van der Waals surface area contributed by atoms with Gasteiger partial charge in [0.15, 0.2) is 0 Å². The molecule has 0 saturated carbocycles. The number of nitrogens with one attached hydrogen (secondary N) is 2. The summed E-state index contributed by atoms with van der Waals surface area (Å²) in [4.78, 5) is 12.0. The van der Waals surface area contributed by atoms with Gasteiger partial charge in [-0.2, -0.15) is 0 Å². The largest absolute Gasteiger partial charge is 0.494 e. The number of amides is 1. The second-order valence-electron chi connectivity index (χ2n) is 5.69. The zero-order chi connectivity index (χ0) is 15.1. The van der Waals surface area contributed by atoms with E-state index in [2.05, 4.69) is 10.6 Å². The van der Waals surface area contributed by atoms with Gasteiger partial charge in [0.05, 0.1) is 12.6 Å². The Morgan fingerprint density at radius 2 is 2.32 bits per heavy atom. The van der Waals surface area contributed by atoms with Crippen LogP contribution >= 0.6 is 12.4 Å². The van der Waals surface area contributed by atoms with E-state index in [9.17, 15) is 4.79 Å². The zero-order valence-electron chi connectivity index (χ0n) is 13.4. The number of hydrogen-bond acceptors (Lipinski definition) is 3. The molecule has 1 aromatic carbocycles. The van der Waals surface area contributed by atoms with Gasteiger partial charge in [0, 0.05) is 6.42 Å². The Labute approximate surface area is 139 Å². The SMILES string of the molecule is CCOc1cccc(C(C)NC(=O)CCC2CCNC2)c1.Cl. The Hall–Kier alpha value is -1.26. The first kappa shape index (κ1) is 18.8. The third-order valence-corrected chi connectivity index (χ3v) is 3.99. The van der Waals surface area contributed by atoms with Crippen molar-refractivity contribution in [1.29, 1.82) is 0 Å². The highest BCUT2D eigenvalue weighted by Gasteiger charge is 2.16. The maximum Gasteiger partial charge on any atom is 0.220 e. The molecule has 1 amide bonds. The Bertz CT molecular complexity index is 462. The molecule has 4 nitrogen and oxygen atoms in total. The lowest BCUT2D eigenvalue weighted by molar-refractivity contribution is -0.122. The third kappa shape index (κ3) is 5.85. The van der Waals surface area contributed by atoms with E-state index in [1.165, 1.54) is 6.42 Å². The van der Waals surface area contributed by atoms with Gasteiger partial charge < -0.3 is 15.4 Å². The molecule has 2 N–H and O–H groups in total. The van der Waals surface area contributed by atoms with Crippen LogP contribution < -0.4 is 15.4 Å². The van der Waals surface area contributed by atoms with Crippen molar-refractivity contribution < 1.29 is 9.53 Å². The van der Waals surface area contributed by atoms with Gasteiger partial charge in [0.2, 0.25) is 5.91 Å². The second-order valence-corrected chi connectivity index (χ2v) is 5.69. The number of ether oxygens (including phenoxy) is 1. The molecular formula is C17H27ClN2O2. The summed E-state index contributed by atoms with van der Waals surface area (Å²) < 4.78 is 5.50. The summed E-state index contributed by atoms with van der Waals surface area (Å²) in [6, 6.07) is 7.94. The van der Waals surface area contributed by atoms with Gasteiger partial charge in [-0.15, -0.1) is 12.4 Å². The van der Waals surface area contributed by atoms with Crippen LogP contribution in [-0.4, -0.2) is 25.6 Å². The first-order valence-electron chi connectivity index (χ1n) is 7.92. The lowest BCUT2D eigenvalue weighted by atomic mass is 10.0. The summed E-state index contributed by atoms with van der Waals surface area (Å²) in [5.74, 6) is 1.65. The quantitative estimate of drug-likeness (QED) is 0.809. The number of benzene rings is 1. The molecule has 0 spiro atoms.